The van der Waals surface area contributed by atoms with Crippen molar-refractivity contribution in [3.8, 4) is 0 Å². The van der Waals surface area contributed by atoms with Gasteiger partial charge in [-0.2, -0.15) is 5.10 Å². The van der Waals surface area contributed by atoms with E-state index in [1.165, 1.54) is 11.3 Å². The number of nitrogens with one attached hydrogen (secondary N) is 1. The zero-order valence-electron chi connectivity index (χ0n) is 16.8. The van der Waals surface area contributed by atoms with Gasteiger partial charge in [-0.1, -0.05) is 13.8 Å². The van der Waals surface area contributed by atoms with E-state index in [2.05, 4.69) is 24.3 Å². The minimum absolute atomic E-state index is 0.0674. The molecule has 0 saturated heterocycles. The summed E-state index contributed by atoms with van der Waals surface area (Å²) in [4.78, 5) is 28.4. The largest absolute Gasteiger partial charge is 0.350 e. The fraction of sp³-hybridized carbons (Fsp3) is 0.632. The molecule has 0 bridgehead atoms. The van der Waals surface area contributed by atoms with Crippen LogP contribution in [0.2, 0.25) is 0 Å². The van der Waals surface area contributed by atoms with Crippen molar-refractivity contribution in [1.82, 2.24) is 20.0 Å². The molecule has 1 N–H and O–H groups in total. The van der Waals surface area contributed by atoms with Gasteiger partial charge in [0.1, 0.15) is 4.83 Å². The molecule has 0 fully saturated rings. The minimum atomic E-state index is -0.311. The lowest BCUT2D eigenvalue weighted by Gasteiger charge is -2.24. The fourth-order valence-electron chi connectivity index (χ4n) is 2.80. The topological polar surface area (TPSA) is 67.2 Å². The number of carbonyl (C=O) groups excluding carboxylic acids is 2. The summed E-state index contributed by atoms with van der Waals surface area (Å²) in [5, 5.41) is 8.51. The second-order valence-corrected chi connectivity index (χ2v) is 9.14. The van der Waals surface area contributed by atoms with Gasteiger partial charge in [0, 0.05) is 24.0 Å². The van der Waals surface area contributed by atoms with Crippen LogP contribution in [0, 0.1) is 12.8 Å². The van der Waals surface area contributed by atoms with Crippen LogP contribution >= 0.6 is 11.3 Å². The second-order valence-electron chi connectivity index (χ2n) is 8.11. The summed E-state index contributed by atoms with van der Waals surface area (Å²) < 4.78 is 1.99. The van der Waals surface area contributed by atoms with Gasteiger partial charge >= 0.3 is 0 Å². The summed E-state index contributed by atoms with van der Waals surface area (Å²) in [5.74, 6) is 0.233. The zero-order valence-corrected chi connectivity index (χ0v) is 17.7. The molecular formula is C19H30N4O2S. The van der Waals surface area contributed by atoms with E-state index in [1.807, 2.05) is 45.4 Å². The van der Waals surface area contributed by atoms with Crippen molar-refractivity contribution in [3.05, 3.63) is 16.6 Å². The van der Waals surface area contributed by atoms with Crippen LogP contribution < -0.4 is 5.32 Å². The van der Waals surface area contributed by atoms with Gasteiger partial charge in [-0.05, 0) is 46.6 Å². The standard InChI is InChI=1S/C19H30N4O2S/c1-8-22(11-16(24)20-19(5,6)7)17(25)15-9-14-13(4)21-23(10-12(2)3)18(14)26-15/h9,12H,8,10-11H2,1-7H3,(H,20,24). The molecule has 0 saturated carbocycles. The highest BCUT2D eigenvalue weighted by Gasteiger charge is 2.23. The molecule has 0 aliphatic rings. The van der Waals surface area contributed by atoms with E-state index in [1.54, 1.807) is 4.90 Å². The number of hydrogen-bond acceptors (Lipinski definition) is 4. The first kappa shape index (κ1) is 20.4. The average Bonchev–Trinajstić information content (AvgIpc) is 3.04. The van der Waals surface area contributed by atoms with Crippen LogP contribution in [0.15, 0.2) is 6.07 Å². The van der Waals surface area contributed by atoms with E-state index in [0.29, 0.717) is 17.3 Å². The smallest absolute Gasteiger partial charge is 0.264 e. The maximum Gasteiger partial charge on any atom is 0.264 e. The number of amides is 2. The molecule has 2 heterocycles. The van der Waals surface area contributed by atoms with Crippen LogP contribution in [0.1, 0.15) is 56.9 Å². The van der Waals surface area contributed by atoms with Gasteiger partial charge in [-0.25, -0.2) is 0 Å². The molecular weight excluding hydrogens is 348 g/mol. The zero-order chi connectivity index (χ0) is 19.6. The lowest BCUT2D eigenvalue weighted by Crippen LogP contribution is -2.47. The van der Waals surface area contributed by atoms with Gasteiger partial charge in [0.05, 0.1) is 17.1 Å². The van der Waals surface area contributed by atoms with Crippen LogP contribution in [0.5, 0.6) is 0 Å². The van der Waals surface area contributed by atoms with Gasteiger partial charge in [0.15, 0.2) is 0 Å². The molecule has 0 spiro atoms. The first-order valence-electron chi connectivity index (χ1n) is 9.09. The van der Waals surface area contributed by atoms with Crippen LogP contribution in [0.4, 0.5) is 0 Å². The van der Waals surface area contributed by atoms with Crippen molar-refractivity contribution in [3.63, 3.8) is 0 Å². The Morgan fingerprint density at radius 1 is 1.35 bits per heavy atom. The summed E-state index contributed by atoms with van der Waals surface area (Å²) >= 11 is 1.46. The molecule has 0 aliphatic carbocycles. The first-order valence-corrected chi connectivity index (χ1v) is 9.90. The average molecular weight is 379 g/mol. The van der Waals surface area contributed by atoms with Crippen LogP contribution in [0.3, 0.4) is 0 Å². The number of likely N-dealkylation sites (N-methyl/N-ethyl adjacent to an activating group) is 1. The highest BCUT2D eigenvalue weighted by atomic mass is 32.1. The van der Waals surface area contributed by atoms with Crippen molar-refractivity contribution in [1.29, 1.82) is 0 Å². The predicted molar refractivity (Wildman–Crippen MR) is 107 cm³/mol. The van der Waals surface area contributed by atoms with E-state index in [4.69, 9.17) is 0 Å². The maximum absolute atomic E-state index is 12.9. The van der Waals surface area contributed by atoms with Crippen molar-refractivity contribution in [2.75, 3.05) is 13.1 Å². The SMILES string of the molecule is CCN(CC(=O)NC(C)(C)C)C(=O)c1cc2c(C)nn(CC(C)C)c2s1. The molecule has 0 atom stereocenters. The fourth-order valence-corrected chi connectivity index (χ4v) is 3.94. The molecule has 144 valence electrons. The van der Waals surface area contributed by atoms with E-state index >= 15 is 0 Å². The number of thiophene rings is 1. The Morgan fingerprint density at radius 3 is 2.54 bits per heavy atom. The Bertz CT molecular complexity index is 798. The van der Waals surface area contributed by atoms with E-state index in [0.717, 1.165) is 22.5 Å². The Balaban J connectivity index is 2.23. The summed E-state index contributed by atoms with van der Waals surface area (Å²) in [6.07, 6.45) is 0. The Morgan fingerprint density at radius 2 is 2.00 bits per heavy atom. The van der Waals surface area contributed by atoms with Gasteiger partial charge in [0.25, 0.3) is 5.91 Å². The number of rotatable bonds is 6. The van der Waals surface area contributed by atoms with E-state index in [-0.39, 0.29) is 23.9 Å². The minimum Gasteiger partial charge on any atom is -0.350 e. The highest BCUT2D eigenvalue weighted by molar-refractivity contribution is 7.20. The third-order valence-corrected chi connectivity index (χ3v) is 5.01. The lowest BCUT2D eigenvalue weighted by molar-refractivity contribution is -0.123. The first-order chi connectivity index (χ1) is 12.0. The van der Waals surface area contributed by atoms with Crippen molar-refractivity contribution < 1.29 is 9.59 Å². The Labute approximate surface area is 159 Å². The Hall–Kier alpha value is -1.89. The molecule has 0 aromatic carbocycles. The second kappa shape index (κ2) is 7.78. The maximum atomic E-state index is 12.9. The normalized spacial score (nSPS) is 12.0. The number of hydrogen-bond donors (Lipinski definition) is 1. The third-order valence-electron chi connectivity index (χ3n) is 3.87. The Kier molecular flexibility index (Phi) is 6.11. The molecule has 7 heteroatoms. The molecule has 0 aliphatic heterocycles. The molecule has 0 radical (unpaired) electrons. The van der Waals surface area contributed by atoms with Crippen molar-refractivity contribution in [2.45, 2.75) is 60.5 Å². The molecule has 2 rings (SSSR count). The van der Waals surface area contributed by atoms with Gasteiger partial charge in [-0.3, -0.25) is 14.3 Å². The van der Waals surface area contributed by atoms with Crippen LogP contribution in [0.25, 0.3) is 10.2 Å². The van der Waals surface area contributed by atoms with Gasteiger partial charge in [-0.15, -0.1) is 11.3 Å². The molecule has 2 amide bonds. The number of aromatic nitrogens is 2. The molecule has 2 aromatic heterocycles. The van der Waals surface area contributed by atoms with Crippen molar-refractivity contribution >= 4 is 33.4 Å². The summed E-state index contributed by atoms with van der Waals surface area (Å²) in [6.45, 7) is 15.3. The van der Waals surface area contributed by atoms with Crippen LogP contribution in [-0.4, -0.2) is 45.1 Å². The summed E-state index contributed by atoms with van der Waals surface area (Å²) in [7, 11) is 0. The monoisotopic (exact) mass is 378 g/mol. The number of nitrogens with zero attached hydrogens (tertiary/aromatic N) is 3. The van der Waals surface area contributed by atoms with E-state index < -0.39 is 0 Å². The third kappa shape index (κ3) is 4.84. The van der Waals surface area contributed by atoms with Gasteiger partial charge in [0.2, 0.25) is 5.91 Å². The lowest BCUT2D eigenvalue weighted by atomic mass is 10.1. The molecule has 6 nitrogen and oxygen atoms in total. The number of aryl methyl sites for hydroxylation is 1. The molecule has 2 aromatic rings. The quantitative estimate of drug-likeness (QED) is 0.837. The predicted octanol–water partition coefficient (Wildman–Crippen LogP) is 3.44. The van der Waals surface area contributed by atoms with Crippen LogP contribution in [-0.2, 0) is 11.3 Å². The number of carbonyl (C=O) groups is 2. The number of fused-ring (bicyclic) bond motifs is 1. The summed E-state index contributed by atoms with van der Waals surface area (Å²) in [6, 6.07) is 1.91. The summed E-state index contributed by atoms with van der Waals surface area (Å²) in [5.41, 5.74) is 0.624. The van der Waals surface area contributed by atoms with Crippen molar-refractivity contribution in [2.24, 2.45) is 5.92 Å². The highest BCUT2D eigenvalue weighted by Crippen LogP contribution is 2.29. The molecule has 26 heavy (non-hydrogen) atoms. The van der Waals surface area contributed by atoms with Gasteiger partial charge < -0.3 is 10.2 Å². The molecule has 0 unspecified atom stereocenters. The van der Waals surface area contributed by atoms with E-state index in [9.17, 15) is 9.59 Å².